The second-order valence-corrected chi connectivity index (χ2v) is 4.87. The van der Waals surface area contributed by atoms with Crippen molar-refractivity contribution in [3.8, 4) is 0 Å². The fraction of sp³-hybridized carbons (Fsp3) is 0.400. The molecule has 18 heavy (non-hydrogen) atoms. The van der Waals surface area contributed by atoms with Crippen LogP contribution in [0.4, 0.5) is 0 Å². The molecule has 1 heterocycles. The van der Waals surface area contributed by atoms with Crippen molar-refractivity contribution >= 4 is 0 Å². The van der Waals surface area contributed by atoms with Crippen molar-refractivity contribution in [2.45, 2.75) is 33.9 Å². The molecule has 0 saturated heterocycles. The molecular formula is C15H21N3. The highest BCUT2D eigenvalue weighted by atomic mass is 15.3. The molecule has 2 aromatic rings. The van der Waals surface area contributed by atoms with Crippen LogP contribution in [0.1, 0.15) is 27.9 Å². The highest BCUT2D eigenvalue weighted by Gasteiger charge is 2.07. The second kappa shape index (κ2) is 5.36. The average molecular weight is 243 g/mol. The lowest BCUT2D eigenvalue weighted by Crippen LogP contribution is -2.08. The molecule has 0 radical (unpaired) electrons. The zero-order chi connectivity index (χ0) is 13.1. The molecule has 1 aromatic heterocycles. The topological polar surface area (TPSA) is 29.9 Å². The molecule has 0 aliphatic carbocycles. The number of hydrogen-bond acceptors (Lipinski definition) is 2. The smallest absolute Gasteiger partial charge is 0.0665 e. The Bertz CT molecular complexity index is 541. The van der Waals surface area contributed by atoms with Crippen molar-refractivity contribution in [1.82, 2.24) is 15.1 Å². The van der Waals surface area contributed by atoms with Crippen molar-refractivity contribution in [2.24, 2.45) is 0 Å². The number of nitrogens with zero attached hydrogens (tertiary/aromatic N) is 2. The van der Waals surface area contributed by atoms with Gasteiger partial charge >= 0.3 is 0 Å². The van der Waals surface area contributed by atoms with E-state index in [0.717, 1.165) is 13.1 Å². The van der Waals surface area contributed by atoms with Crippen LogP contribution in [0.2, 0.25) is 0 Å². The van der Waals surface area contributed by atoms with Gasteiger partial charge in [-0.3, -0.25) is 4.68 Å². The van der Waals surface area contributed by atoms with Gasteiger partial charge in [-0.1, -0.05) is 23.8 Å². The van der Waals surface area contributed by atoms with Gasteiger partial charge in [0, 0.05) is 17.8 Å². The maximum Gasteiger partial charge on any atom is 0.0665 e. The number of aromatic nitrogens is 2. The van der Waals surface area contributed by atoms with E-state index in [1.807, 2.05) is 13.2 Å². The molecule has 2 rings (SSSR count). The number of rotatable bonds is 4. The lowest BCUT2D eigenvalue weighted by atomic mass is 10.1. The Hall–Kier alpha value is -1.61. The van der Waals surface area contributed by atoms with Crippen molar-refractivity contribution < 1.29 is 0 Å². The van der Waals surface area contributed by atoms with E-state index in [1.165, 1.54) is 27.9 Å². The van der Waals surface area contributed by atoms with Gasteiger partial charge in [-0.15, -0.1) is 0 Å². The minimum absolute atomic E-state index is 0.850. The molecule has 0 aliphatic heterocycles. The molecule has 1 N–H and O–H groups in total. The Morgan fingerprint density at radius 2 is 1.94 bits per heavy atom. The van der Waals surface area contributed by atoms with Gasteiger partial charge in [0.15, 0.2) is 0 Å². The molecule has 3 heteroatoms. The van der Waals surface area contributed by atoms with Crippen molar-refractivity contribution in [2.75, 3.05) is 7.05 Å². The van der Waals surface area contributed by atoms with E-state index in [1.54, 1.807) is 0 Å². The molecule has 0 unspecified atom stereocenters. The molecule has 0 saturated carbocycles. The van der Waals surface area contributed by atoms with Crippen molar-refractivity contribution in [3.63, 3.8) is 0 Å². The molecule has 1 aromatic carbocycles. The third kappa shape index (κ3) is 2.62. The third-order valence-corrected chi connectivity index (χ3v) is 3.40. The quantitative estimate of drug-likeness (QED) is 0.894. The first-order valence-electron chi connectivity index (χ1n) is 6.34. The van der Waals surface area contributed by atoms with Crippen LogP contribution in [0, 0.1) is 20.8 Å². The van der Waals surface area contributed by atoms with Gasteiger partial charge < -0.3 is 5.32 Å². The summed E-state index contributed by atoms with van der Waals surface area (Å²) in [6, 6.07) is 6.58. The van der Waals surface area contributed by atoms with E-state index in [2.05, 4.69) is 54.1 Å². The van der Waals surface area contributed by atoms with E-state index in [0.29, 0.717) is 0 Å². The Kier molecular flexibility index (Phi) is 3.82. The Morgan fingerprint density at radius 3 is 2.67 bits per heavy atom. The van der Waals surface area contributed by atoms with Crippen LogP contribution in [0.25, 0.3) is 0 Å². The van der Waals surface area contributed by atoms with Gasteiger partial charge in [0.2, 0.25) is 0 Å². The van der Waals surface area contributed by atoms with E-state index >= 15 is 0 Å². The summed E-state index contributed by atoms with van der Waals surface area (Å²) >= 11 is 0. The minimum Gasteiger partial charge on any atom is -0.316 e. The standard InChI is InChI=1S/C15H21N3/c1-11-5-6-12(2)14(7-11)10-18-13(3)15(8-16-4)9-17-18/h5-7,9,16H,8,10H2,1-4H3. The zero-order valence-corrected chi connectivity index (χ0v) is 11.6. The van der Waals surface area contributed by atoms with Gasteiger partial charge in [-0.25, -0.2) is 0 Å². The fourth-order valence-electron chi connectivity index (χ4n) is 2.14. The summed E-state index contributed by atoms with van der Waals surface area (Å²) in [6.07, 6.45) is 1.96. The van der Waals surface area contributed by atoms with Crippen LogP contribution in [-0.4, -0.2) is 16.8 Å². The van der Waals surface area contributed by atoms with Crippen LogP contribution < -0.4 is 5.32 Å². The molecule has 0 fully saturated rings. The molecule has 96 valence electrons. The van der Waals surface area contributed by atoms with Crippen LogP contribution in [0.5, 0.6) is 0 Å². The van der Waals surface area contributed by atoms with Gasteiger partial charge in [-0.2, -0.15) is 5.10 Å². The Labute approximate surface area is 109 Å². The van der Waals surface area contributed by atoms with E-state index in [4.69, 9.17) is 0 Å². The Morgan fingerprint density at radius 1 is 1.17 bits per heavy atom. The molecule has 0 aliphatic rings. The first kappa shape index (κ1) is 12.8. The van der Waals surface area contributed by atoms with E-state index in [9.17, 15) is 0 Å². The maximum absolute atomic E-state index is 4.48. The third-order valence-electron chi connectivity index (χ3n) is 3.40. The van der Waals surface area contributed by atoms with Gasteiger partial charge in [0.1, 0.15) is 0 Å². The zero-order valence-electron chi connectivity index (χ0n) is 11.6. The molecular weight excluding hydrogens is 222 g/mol. The second-order valence-electron chi connectivity index (χ2n) is 4.87. The summed E-state index contributed by atoms with van der Waals surface area (Å²) in [4.78, 5) is 0. The summed E-state index contributed by atoms with van der Waals surface area (Å²) < 4.78 is 2.08. The predicted molar refractivity (Wildman–Crippen MR) is 74.7 cm³/mol. The van der Waals surface area contributed by atoms with Gasteiger partial charge in [0.25, 0.3) is 0 Å². The number of hydrogen-bond donors (Lipinski definition) is 1. The lowest BCUT2D eigenvalue weighted by Gasteiger charge is -2.09. The van der Waals surface area contributed by atoms with Crippen LogP contribution >= 0.6 is 0 Å². The summed E-state index contributed by atoms with van der Waals surface area (Å²) in [5, 5.41) is 7.65. The average Bonchev–Trinajstić information content (AvgIpc) is 2.67. The molecule has 0 bridgehead atoms. The summed E-state index contributed by atoms with van der Waals surface area (Å²) in [5.74, 6) is 0. The predicted octanol–water partition coefficient (Wildman–Crippen LogP) is 2.58. The summed E-state index contributed by atoms with van der Waals surface area (Å²) in [5.41, 5.74) is 6.48. The highest BCUT2D eigenvalue weighted by Crippen LogP contribution is 2.14. The van der Waals surface area contributed by atoms with Crippen molar-refractivity contribution in [3.05, 3.63) is 52.3 Å². The molecule has 0 atom stereocenters. The first-order chi connectivity index (χ1) is 8.61. The normalized spacial score (nSPS) is 10.9. The fourth-order valence-corrected chi connectivity index (χ4v) is 2.14. The molecule has 3 nitrogen and oxygen atoms in total. The minimum atomic E-state index is 0.850. The SMILES string of the molecule is CNCc1cnn(Cc2cc(C)ccc2C)c1C. The highest BCUT2D eigenvalue weighted by molar-refractivity contribution is 5.31. The van der Waals surface area contributed by atoms with Gasteiger partial charge in [-0.05, 0) is 38.9 Å². The Balaban J connectivity index is 2.26. The number of aryl methyl sites for hydroxylation is 2. The largest absolute Gasteiger partial charge is 0.316 e. The number of nitrogens with one attached hydrogen (secondary N) is 1. The van der Waals surface area contributed by atoms with Gasteiger partial charge in [0.05, 0.1) is 12.7 Å². The molecule has 0 amide bonds. The lowest BCUT2D eigenvalue weighted by molar-refractivity contribution is 0.659. The van der Waals surface area contributed by atoms with Crippen LogP contribution in [0.15, 0.2) is 24.4 Å². The van der Waals surface area contributed by atoms with Crippen molar-refractivity contribution in [1.29, 1.82) is 0 Å². The summed E-state index contributed by atoms with van der Waals surface area (Å²) in [7, 11) is 1.96. The summed E-state index contributed by atoms with van der Waals surface area (Å²) in [6.45, 7) is 8.14. The van der Waals surface area contributed by atoms with E-state index in [-0.39, 0.29) is 0 Å². The molecule has 0 spiro atoms. The van der Waals surface area contributed by atoms with Crippen LogP contribution in [0.3, 0.4) is 0 Å². The maximum atomic E-state index is 4.48. The van der Waals surface area contributed by atoms with E-state index < -0.39 is 0 Å². The first-order valence-corrected chi connectivity index (χ1v) is 6.34. The number of benzene rings is 1. The van der Waals surface area contributed by atoms with Crippen LogP contribution in [-0.2, 0) is 13.1 Å². The monoisotopic (exact) mass is 243 g/mol.